The molecular formula is C11H16N2O3S2. The Hall–Kier alpha value is -0.600. The highest BCUT2D eigenvalue weighted by Crippen LogP contribution is 2.26. The first-order valence-electron chi connectivity index (χ1n) is 5.55. The number of hydrogen-bond donors (Lipinski definition) is 2. The van der Waals surface area contributed by atoms with E-state index in [4.69, 9.17) is 4.18 Å². The minimum absolute atomic E-state index is 0.164. The van der Waals surface area contributed by atoms with E-state index in [9.17, 15) is 8.42 Å². The Morgan fingerprint density at radius 1 is 1.22 bits per heavy atom. The highest BCUT2D eigenvalue weighted by atomic mass is 32.2. The third-order valence-corrected chi connectivity index (χ3v) is 5.04. The van der Waals surface area contributed by atoms with Crippen LogP contribution in [0.25, 0.3) is 0 Å². The molecule has 0 aromatic heterocycles. The third kappa shape index (κ3) is 2.86. The second kappa shape index (κ2) is 5.18. The van der Waals surface area contributed by atoms with Gasteiger partial charge in [0.05, 0.1) is 4.90 Å². The molecule has 0 bridgehead atoms. The van der Waals surface area contributed by atoms with Gasteiger partial charge in [-0.15, -0.1) is 0 Å². The summed E-state index contributed by atoms with van der Waals surface area (Å²) in [4.78, 5) is 0.164. The Labute approximate surface area is 111 Å². The van der Waals surface area contributed by atoms with Crippen molar-refractivity contribution in [2.45, 2.75) is 17.0 Å². The average Bonchev–Trinajstić information content (AvgIpc) is 2.78. The monoisotopic (exact) mass is 288 g/mol. The zero-order valence-corrected chi connectivity index (χ0v) is 11.9. The summed E-state index contributed by atoms with van der Waals surface area (Å²) in [6, 6.07) is 6.59. The normalized spacial score (nSPS) is 19.0. The molecule has 0 amide bonds. The van der Waals surface area contributed by atoms with E-state index in [0.717, 1.165) is 5.56 Å². The van der Waals surface area contributed by atoms with Crippen molar-refractivity contribution in [2.24, 2.45) is 0 Å². The predicted octanol–water partition coefficient (Wildman–Crippen LogP) is 0.867. The predicted molar refractivity (Wildman–Crippen MR) is 71.7 cm³/mol. The topological polar surface area (TPSA) is 67.4 Å². The molecule has 7 heteroatoms. The molecule has 1 aromatic carbocycles. The molecule has 0 spiro atoms. The van der Waals surface area contributed by atoms with Gasteiger partial charge in [-0.1, -0.05) is 29.5 Å². The van der Waals surface area contributed by atoms with Crippen molar-refractivity contribution >= 4 is 21.9 Å². The number of benzene rings is 1. The van der Waals surface area contributed by atoms with Crippen LogP contribution in [0.3, 0.4) is 0 Å². The Balaban J connectivity index is 2.24. The van der Waals surface area contributed by atoms with Crippen LogP contribution in [0, 0.1) is 6.92 Å². The molecule has 1 saturated heterocycles. The molecule has 18 heavy (non-hydrogen) atoms. The first kappa shape index (κ1) is 13.8. The number of nitrogens with one attached hydrogen (secondary N) is 2. The Morgan fingerprint density at radius 3 is 2.28 bits per heavy atom. The van der Waals surface area contributed by atoms with Gasteiger partial charge < -0.3 is 0 Å². The van der Waals surface area contributed by atoms with Crippen LogP contribution in [0.15, 0.2) is 29.2 Å². The third-order valence-electron chi connectivity index (χ3n) is 2.66. The second-order valence-corrected chi connectivity index (χ2v) is 6.55. The van der Waals surface area contributed by atoms with Crippen LogP contribution < -0.4 is 10.6 Å². The Morgan fingerprint density at radius 2 is 1.78 bits per heavy atom. The molecule has 0 aliphatic carbocycles. The van der Waals surface area contributed by atoms with E-state index in [2.05, 4.69) is 10.6 Å². The lowest BCUT2D eigenvalue weighted by atomic mass is 10.2. The molecular weight excluding hydrogens is 272 g/mol. The summed E-state index contributed by atoms with van der Waals surface area (Å²) in [6.45, 7) is 3.25. The number of thioether (sulfide) groups is 1. The molecule has 5 nitrogen and oxygen atoms in total. The standard InChI is InChI=1S/C11H16N2O3S2/c1-9-3-5-10(6-4-9)18(14,15)16-11(17-2)12-7-8-13-11/h3-6,12-13H,7-8H2,1-2H3. The fraction of sp³-hybridized carbons (Fsp3) is 0.455. The lowest BCUT2D eigenvalue weighted by Crippen LogP contribution is -2.49. The minimum atomic E-state index is -3.78. The Kier molecular flexibility index (Phi) is 3.98. The zero-order valence-electron chi connectivity index (χ0n) is 10.3. The van der Waals surface area contributed by atoms with Crippen LogP contribution in [0.2, 0.25) is 0 Å². The summed E-state index contributed by atoms with van der Waals surface area (Å²) in [5, 5.41) is 4.96. The molecule has 1 fully saturated rings. The SMILES string of the molecule is CSC1(OS(=O)(=O)c2ccc(C)cc2)NCCN1. The highest BCUT2D eigenvalue weighted by Gasteiger charge is 2.38. The molecule has 1 heterocycles. The molecule has 1 aromatic rings. The van der Waals surface area contributed by atoms with Gasteiger partial charge in [0.1, 0.15) is 0 Å². The van der Waals surface area contributed by atoms with E-state index < -0.39 is 15.3 Å². The van der Waals surface area contributed by atoms with Crippen molar-refractivity contribution in [1.82, 2.24) is 10.6 Å². The van der Waals surface area contributed by atoms with Crippen molar-refractivity contribution < 1.29 is 12.6 Å². The smallest absolute Gasteiger partial charge is 0.265 e. The van der Waals surface area contributed by atoms with Crippen molar-refractivity contribution in [3.05, 3.63) is 29.8 Å². The molecule has 2 rings (SSSR count). The number of aryl methyl sites for hydroxylation is 1. The van der Waals surface area contributed by atoms with Crippen molar-refractivity contribution in [3.63, 3.8) is 0 Å². The lowest BCUT2D eigenvalue weighted by molar-refractivity contribution is 0.136. The van der Waals surface area contributed by atoms with Gasteiger partial charge >= 0.3 is 10.1 Å². The largest absolute Gasteiger partial charge is 0.300 e. The van der Waals surface area contributed by atoms with Gasteiger partial charge in [-0.25, -0.2) is 4.18 Å². The summed E-state index contributed by atoms with van der Waals surface area (Å²) in [7, 11) is -3.78. The molecule has 100 valence electrons. The number of rotatable bonds is 4. The van der Waals surface area contributed by atoms with Gasteiger partial charge in [0, 0.05) is 13.1 Å². The molecule has 2 N–H and O–H groups in total. The van der Waals surface area contributed by atoms with Gasteiger partial charge in [-0.3, -0.25) is 10.6 Å². The summed E-state index contributed by atoms with van der Waals surface area (Å²) < 4.78 is 29.6. The minimum Gasteiger partial charge on any atom is -0.265 e. The first-order chi connectivity index (χ1) is 8.47. The van der Waals surface area contributed by atoms with E-state index in [1.807, 2.05) is 6.92 Å². The van der Waals surface area contributed by atoms with Gasteiger partial charge in [0.2, 0.25) is 5.18 Å². The maximum atomic E-state index is 12.1. The van der Waals surface area contributed by atoms with Gasteiger partial charge in [0.15, 0.2) is 0 Å². The van der Waals surface area contributed by atoms with E-state index in [1.165, 1.54) is 11.8 Å². The van der Waals surface area contributed by atoms with Crippen LogP contribution in [0.1, 0.15) is 5.56 Å². The lowest BCUT2D eigenvalue weighted by Gasteiger charge is -2.26. The molecule has 0 saturated carbocycles. The van der Waals surface area contributed by atoms with Crippen LogP contribution >= 0.6 is 11.8 Å². The fourth-order valence-electron chi connectivity index (χ4n) is 1.66. The van der Waals surface area contributed by atoms with E-state index >= 15 is 0 Å². The van der Waals surface area contributed by atoms with Crippen LogP contribution in [0.4, 0.5) is 0 Å². The molecule has 0 radical (unpaired) electrons. The maximum absolute atomic E-state index is 12.1. The van der Waals surface area contributed by atoms with E-state index in [0.29, 0.717) is 13.1 Å². The van der Waals surface area contributed by atoms with Crippen LogP contribution in [0.5, 0.6) is 0 Å². The first-order valence-corrected chi connectivity index (χ1v) is 8.18. The van der Waals surface area contributed by atoms with Gasteiger partial charge in [-0.05, 0) is 25.3 Å². The molecule has 1 aliphatic heterocycles. The van der Waals surface area contributed by atoms with E-state index in [1.54, 1.807) is 30.5 Å². The highest BCUT2D eigenvalue weighted by molar-refractivity contribution is 8.00. The van der Waals surface area contributed by atoms with Crippen LogP contribution in [-0.2, 0) is 14.3 Å². The molecule has 1 aliphatic rings. The summed E-state index contributed by atoms with van der Waals surface area (Å²) in [5.41, 5.74) is 1.01. The fourth-order valence-corrected chi connectivity index (χ4v) is 3.69. The van der Waals surface area contributed by atoms with Crippen molar-refractivity contribution in [1.29, 1.82) is 0 Å². The van der Waals surface area contributed by atoms with Gasteiger partial charge in [-0.2, -0.15) is 8.42 Å². The summed E-state index contributed by atoms with van der Waals surface area (Å²) >= 11 is 1.28. The number of hydrogen-bond acceptors (Lipinski definition) is 6. The zero-order chi connectivity index (χ0) is 13.2. The molecule has 0 atom stereocenters. The maximum Gasteiger partial charge on any atom is 0.300 e. The summed E-state index contributed by atoms with van der Waals surface area (Å²) in [6.07, 6.45) is 1.79. The van der Waals surface area contributed by atoms with Crippen molar-refractivity contribution in [2.75, 3.05) is 19.3 Å². The van der Waals surface area contributed by atoms with Gasteiger partial charge in [0.25, 0.3) is 0 Å². The molecule has 0 unspecified atom stereocenters. The second-order valence-electron chi connectivity index (χ2n) is 4.02. The quantitative estimate of drug-likeness (QED) is 0.633. The Bertz CT molecular complexity index is 508. The van der Waals surface area contributed by atoms with Crippen molar-refractivity contribution in [3.8, 4) is 0 Å². The average molecular weight is 288 g/mol. The summed E-state index contributed by atoms with van der Waals surface area (Å²) in [5.74, 6) is 0. The van der Waals surface area contributed by atoms with Crippen LogP contribution in [-0.4, -0.2) is 32.9 Å². The van der Waals surface area contributed by atoms with E-state index in [-0.39, 0.29) is 4.90 Å².